The van der Waals surface area contributed by atoms with Crippen LogP contribution in [-0.4, -0.2) is 31.1 Å². The molecular formula is C13H14F3N3. The molecule has 102 valence electrons. The fourth-order valence-corrected chi connectivity index (χ4v) is 2.16. The Kier molecular flexibility index (Phi) is 4.08. The predicted octanol–water partition coefficient (Wildman–Crippen LogP) is 2.18. The summed E-state index contributed by atoms with van der Waals surface area (Å²) in [6.07, 6.45) is -4.34. The van der Waals surface area contributed by atoms with Crippen LogP contribution in [0.1, 0.15) is 17.2 Å². The molecule has 1 atom stereocenters. The molecule has 1 saturated heterocycles. The summed E-state index contributed by atoms with van der Waals surface area (Å²) in [7, 11) is 0. The zero-order valence-electron chi connectivity index (χ0n) is 10.2. The van der Waals surface area contributed by atoms with Crippen molar-refractivity contribution in [2.45, 2.75) is 12.2 Å². The highest BCUT2D eigenvalue weighted by Crippen LogP contribution is 2.30. The number of nitrogens with zero attached hydrogens (tertiary/aromatic N) is 2. The summed E-state index contributed by atoms with van der Waals surface area (Å²) in [4.78, 5) is 1.97. The maximum Gasteiger partial charge on any atom is 0.416 e. The molecule has 3 nitrogen and oxygen atoms in total. The van der Waals surface area contributed by atoms with Gasteiger partial charge >= 0.3 is 6.18 Å². The van der Waals surface area contributed by atoms with Gasteiger partial charge in [-0.25, -0.2) is 0 Å². The summed E-state index contributed by atoms with van der Waals surface area (Å²) in [6.45, 7) is 3.02. The summed E-state index contributed by atoms with van der Waals surface area (Å²) in [5, 5.41) is 12.4. The fourth-order valence-electron chi connectivity index (χ4n) is 2.16. The Morgan fingerprint density at radius 3 is 2.21 bits per heavy atom. The minimum atomic E-state index is -4.34. The first-order valence-electron chi connectivity index (χ1n) is 6.04. The molecule has 0 amide bonds. The van der Waals surface area contributed by atoms with Crippen LogP contribution >= 0.6 is 0 Å². The molecule has 1 N–H and O–H groups in total. The van der Waals surface area contributed by atoms with E-state index in [1.54, 1.807) is 0 Å². The maximum atomic E-state index is 12.5. The van der Waals surface area contributed by atoms with Gasteiger partial charge in [-0.05, 0) is 17.7 Å². The third-order valence-electron chi connectivity index (χ3n) is 3.19. The fraction of sp³-hybridized carbons (Fsp3) is 0.462. The summed E-state index contributed by atoms with van der Waals surface area (Å²) in [5.74, 6) is 0. The molecule has 1 fully saturated rings. The average Bonchev–Trinajstić information content (AvgIpc) is 2.40. The summed E-state index contributed by atoms with van der Waals surface area (Å²) in [6, 6.07) is 6.52. The van der Waals surface area contributed by atoms with E-state index in [2.05, 4.69) is 11.4 Å². The quantitative estimate of drug-likeness (QED) is 0.894. The monoisotopic (exact) mass is 269 g/mol. The lowest BCUT2D eigenvalue weighted by atomic mass is 10.0. The zero-order valence-corrected chi connectivity index (χ0v) is 10.2. The van der Waals surface area contributed by atoms with Crippen LogP contribution in [0.4, 0.5) is 13.2 Å². The zero-order chi connectivity index (χ0) is 13.9. The molecule has 6 heteroatoms. The van der Waals surface area contributed by atoms with E-state index in [-0.39, 0.29) is 0 Å². The van der Waals surface area contributed by atoms with Gasteiger partial charge in [0.2, 0.25) is 0 Å². The minimum Gasteiger partial charge on any atom is -0.314 e. The Labute approximate surface area is 109 Å². The normalized spacial score (nSPS) is 18.8. The molecule has 1 unspecified atom stereocenters. The first kappa shape index (κ1) is 13.8. The summed E-state index contributed by atoms with van der Waals surface area (Å²) >= 11 is 0. The molecule has 0 radical (unpaired) electrons. The number of piperazine rings is 1. The number of rotatable bonds is 2. The van der Waals surface area contributed by atoms with Crippen molar-refractivity contribution >= 4 is 0 Å². The van der Waals surface area contributed by atoms with Crippen LogP contribution in [0.3, 0.4) is 0 Å². The first-order chi connectivity index (χ1) is 9.02. The minimum absolute atomic E-state index is 0.482. The lowest BCUT2D eigenvalue weighted by Gasteiger charge is -2.31. The van der Waals surface area contributed by atoms with E-state index in [0.29, 0.717) is 5.56 Å². The van der Waals surface area contributed by atoms with Gasteiger partial charge in [0, 0.05) is 26.2 Å². The van der Waals surface area contributed by atoms with E-state index in [4.69, 9.17) is 0 Å². The van der Waals surface area contributed by atoms with Crippen molar-refractivity contribution in [3.05, 3.63) is 35.4 Å². The molecule has 1 aliphatic rings. The van der Waals surface area contributed by atoms with Crippen molar-refractivity contribution in [2.24, 2.45) is 0 Å². The van der Waals surface area contributed by atoms with E-state index in [0.717, 1.165) is 38.3 Å². The maximum absolute atomic E-state index is 12.5. The third kappa shape index (κ3) is 3.25. The SMILES string of the molecule is N#CC(c1ccc(C(F)(F)F)cc1)N1CCNCC1. The van der Waals surface area contributed by atoms with Crippen LogP contribution in [0.25, 0.3) is 0 Å². The summed E-state index contributed by atoms with van der Waals surface area (Å²) in [5.41, 5.74) is -0.0781. The Balaban J connectivity index is 2.17. The van der Waals surface area contributed by atoms with Crippen LogP contribution in [0, 0.1) is 11.3 Å². The Morgan fingerprint density at radius 1 is 1.16 bits per heavy atom. The number of alkyl halides is 3. The first-order valence-corrected chi connectivity index (χ1v) is 6.04. The second kappa shape index (κ2) is 5.59. The third-order valence-corrected chi connectivity index (χ3v) is 3.19. The molecule has 1 aromatic carbocycles. The smallest absolute Gasteiger partial charge is 0.314 e. The van der Waals surface area contributed by atoms with E-state index >= 15 is 0 Å². The molecule has 19 heavy (non-hydrogen) atoms. The van der Waals surface area contributed by atoms with Gasteiger partial charge in [-0.2, -0.15) is 18.4 Å². The predicted molar refractivity (Wildman–Crippen MR) is 64.2 cm³/mol. The number of benzene rings is 1. The van der Waals surface area contributed by atoms with Crippen molar-refractivity contribution in [3.8, 4) is 6.07 Å². The molecule has 0 aliphatic carbocycles. The lowest BCUT2D eigenvalue weighted by Crippen LogP contribution is -2.44. The molecule has 0 spiro atoms. The number of hydrogen-bond donors (Lipinski definition) is 1. The summed E-state index contributed by atoms with van der Waals surface area (Å²) < 4.78 is 37.4. The number of halogens is 3. The Morgan fingerprint density at radius 2 is 1.74 bits per heavy atom. The Hall–Kier alpha value is -1.58. The Bertz CT molecular complexity index is 456. The number of nitriles is 1. The second-order valence-corrected chi connectivity index (χ2v) is 4.44. The van der Waals surface area contributed by atoms with E-state index in [9.17, 15) is 18.4 Å². The van der Waals surface area contributed by atoms with Crippen molar-refractivity contribution in [2.75, 3.05) is 26.2 Å². The molecule has 2 rings (SSSR count). The molecule has 1 heterocycles. The molecule has 1 aromatic rings. The van der Waals surface area contributed by atoms with Crippen molar-refractivity contribution in [1.29, 1.82) is 5.26 Å². The number of hydrogen-bond acceptors (Lipinski definition) is 3. The van der Waals surface area contributed by atoms with Crippen LogP contribution < -0.4 is 5.32 Å². The lowest BCUT2D eigenvalue weighted by molar-refractivity contribution is -0.137. The highest BCUT2D eigenvalue weighted by atomic mass is 19.4. The molecule has 1 aliphatic heterocycles. The van der Waals surface area contributed by atoms with Gasteiger partial charge in [0.25, 0.3) is 0 Å². The van der Waals surface area contributed by atoms with Crippen molar-refractivity contribution in [1.82, 2.24) is 10.2 Å². The molecule has 0 bridgehead atoms. The van der Waals surface area contributed by atoms with Crippen molar-refractivity contribution < 1.29 is 13.2 Å². The van der Waals surface area contributed by atoms with Gasteiger partial charge < -0.3 is 5.32 Å². The molecule has 0 saturated carbocycles. The van der Waals surface area contributed by atoms with Gasteiger partial charge in [0.15, 0.2) is 0 Å². The van der Waals surface area contributed by atoms with Crippen LogP contribution in [0.15, 0.2) is 24.3 Å². The highest BCUT2D eigenvalue weighted by molar-refractivity contribution is 5.29. The average molecular weight is 269 g/mol. The van der Waals surface area contributed by atoms with Crippen LogP contribution in [0.2, 0.25) is 0 Å². The highest BCUT2D eigenvalue weighted by Gasteiger charge is 2.30. The van der Waals surface area contributed by atoms with Gasteiger partial charge in [-0.1, -0.05) is 12.1 Å². The van der Waals surface area contributed by atoms with E-state index in [1.165, 1.54) is 12.1 Å². The van der Waals surface area contributed by atoms with E-state index < -0.39 is 17.8 Å². The molecular weight excluding hydrogens is 255 g/mol. The van der Waals surface area contributed by atoms with Crippen LogP contribution in [-0.2, 0) is 6.18 Å². The van der Waals surface area contributed by atoms with Crippen LogP contribution in [0.5, 0.6) is 0 Å². The van der Waals surface area contributed by atoms with E-state index in [1.807, 2.05) is 4.90 Å². The standard InChI is InChI=1S/C13H14F3N3/c14-13(15,16)11-3-1-10(2-4-11)12(9-17)19-7-5-18-6-8-19/h1-4,12,18H,5-8H2. The van der Waals surface area contributed by atoms with Gasteiger partial charge in [-0.15, -0.1) is 0 Å². The van der Waals surface area contributed by atoms with Gasteiger partial charge in [0.05, 0.1) is 11.6 Å². The van der Waals surface area contributed by atoms with Crippen molar-refractivity contribution in [3.63, 3.8) is 0 Å². The largest absolute Gasteiger partial charge is 0.416 e. The number of nitrogens with one attached hydrogen (secondary N) is 1. The van der Waals surface area contributed by atoms with Gasteiger partial charge in [0.1, 0.15) is 6.04 Å². The molecule has 0 aromatic heterocycles. The second-order valence-electron chi connectivity index (χ2n) is 4.44. The topological polar surface area (TPSA) is 39.1 Å². The van der Waals surface area contributed by atoms with Gasteiger partial charge in [-0.3, -0.25) is 4.90 Å².